The quantitative estimate of drug-likeness (QED) is 0.506. The number of ketones is 1. The lowest BCUT2D eigenvalue weighted by Gasteiger charge is -1.98. The molecule has 0 aliphatic carbocycles. The molecule has 1 aromatic heterocycles. The van der Waals surface area contributed by atoms with Crippen LogP contribution in [0.3, 0.4) is 0 Å². The van der Waals surface area contributed by atoms with Gasteiger partial charge in [-0.1, -0.05) is 26.2 Å². The van der Waals surface area contributed by atoms with E-state index in [1.165, 1.54) is 24.8 Å². The smallest absolute Gasteiger partial charge is 0.206 e. The van der Waals surface area contributed by atoms with E-state index in [2.05, 4.69) is 13.8 Å². The van der Waals surface area contributed by atoms with Crippen LogP contribution in [0, 0.1) is 6.92 Å². The average Bonchev–Trinajstić information content (AvgIpc) is 2.28. The van der Waals surface area contributed by atoms with Gasteiger partial charge in [-0.25, -0.2) is 0 Å². The number of unbranched alkanes of at least 4 members (excludes halogenated alkanes) is 3. The summed E-state index contributed by atoms with van der Waals surface area (Å²) >= 11 is 0. The lowest BCUT2D eigenvalue weighted by molar-refractivity contribution is -0.684. The fraction of sp³-hybridized carbons (Fsp3) is 0.571. The van der Waals surface area contributed by atoms with E-state index in [-0.39, 0.29) is 17.0 Å². The Morgan fingerprint density at radius 2 is 1.82 bits per heavy atom. The van der Waals surface area contributed by atoms with Crippen molar-refractivity contribution < 1.29 is 26.3 Å². The van der Waals surface area contributed by atoms with Gasteiger partial charge in [0.1, 0.15) is 0 Å². The second-order valence-electron chi connectivity index (χ2n) is 4.40. The summed E-state index contributed by atoms with van der Waals surface area (Å²) in [6, 6.07) is 4.06. The highest BCUT2D eigenvalue weighted by molar-refractivity contribution is 5.76. The first-order chi connectivity index (χ1) is 7.72. The highest BCUT2D eigenvalue weighted by Gasteiger charge is 2.08. The van der Waals surface area contributed by atoms with Crippen molar-refractivity contribution in [2.45, 2.75) is 52.5 Å². The maximum atomic E-state index is 11.6. The van der Waals surface area contributed by atoms with E-state index in [1.807, 2.05) is 29.1 Å². The molecule has 0 aliphatic rings. The van der Waals surface area contributed by atoms with Gasteiger partial charge in [0.15, 0.2) is 18.2 Å². The highest BCUT2D eigenvalue weighted by atomic mass is 79.9. The molecular weight excluding hydrogens is 278 g/mol. The van der Waals surface area contributed by atoms with Crippen molar-refractivity contribution in [3.05, 3.63) is 30.1 Å². The van der Waals surface area contributed by atoms with E-state index < -0.39 is 0 Å². The number of rotatable bonds is 7. The summed E-state index contributed by atoms with van der Waals surface area (Å²) in [5.74, 6) is 0.338. The molecule has 0 saturated heterocycles. The molecule has 0 atom stereocenters. The van der Waals surface area contributed by atoms with Gasteiger partial charge in [0.05, 0.1) is 0 Å². The molecule has 1 heterocycles. The molecule has 0 radical (unpaired) electrons. The molecule has 0 unspecified atom stereocenters. The summed E-state index contributed by atoms with van der Waals surface area (Å²) in [4.78, 5) is 11.6. The number of carbonyl (C=O) groups is 1. The Hall–Kier alpha value is -0.700. The first-order valence-corrected chi connectivity index (χ1v) is 6.19. The van der Waals surface area contributed by atoms with Crippen LogP contribution >= 0.6 is 0 Å². The van der Waals surface area contributed by atoms with Gasteiger partial charge in [0.25, 0.3) is 0 Å². The Morgan fingerprint density at radius 1 is 1.18 bits per heavy atom. The zero-order valence-corrected chi connectivity index (χ0v) is 12.4. The standard InChI is InChI=1S/C14H22NO.BrH/c1-3-4-5-6-7-14(16)12-15-10-8-13(2)9-11-15;/h8-11H,3-7,12H2,1-2H3;1H/q+1;/p-1. The molecule has 3 heteroatoms. The molecule has 1 rings (SSSR count). The monoisotopic (exact) mass is 299 g/mol. The van der Waals surface area contributed by atoms with Crippen molar-refractivity contribution in [1.82, 2.24) is 0 Å². The second-order valence-corrected chi connectivity index (χ2v) is 4.40. The van der Waals surface area contributed by atoms with Crippen LogP contribution in [0.15, 0.2) is 24.5 Å². The molecule has 2 nitrogen and oxygen atoms in total. The molecule has 0 fully saturated rings. The summed E-state index contributed by atoms with van der Waals surface area (Å²) in [5, 5.41) is 0. The van der Waals surface area contributed by atoms with E-state index >= 15 is 0 Å². The average molecular weight is 300 g/mol. The van der Waals surface area contributed by atoms with Crippen LogP contribution in [-0.4, -0.2) is 5.78 Å². The van der Waals surface area contributed by atoms with E-state index in [4.69, 9.17) is 0 Å². The van der Waals surface area contributed by atoms with Crippen molar-refractivity contribution in [2.75, 3.05) is 0 Å². The molecule has 0 spiro atoms. The third-order valence-corrected chi connectivity index (χ3v) is 2.73. The van der Waals surface area contributed by atoms with Crippen LogP contribution in [0.2, 0.25) is 0 Å². The number of halogens is 1. The molecule has 0 bridgehead atoms. The first kappa shape index (κ1) is 16.3. The van der Waals surface area contributed by atoms with Gasteiger partial charge in [-0.2, -0.15) is 4.57 Å². The summed E-state index contributed by atoms with van der Waals surface area (Å²) in [6.45, 7) is 4.76. The van der Waals surface area contributed by atoms with E-state index in [1.54, 1.807) is 0 Å². The summed E-state index contributed by atoms with van der Waals surface area (Å²) in [5.41, 5.74) is 1.23. The fourth-order valence-electron chi connectivity index (χ4n) is 1.67. The molecular formula is C14H22BrNO. The minimum Gasteiger partial charge on any atom is -1.00 e. The van der Waals surface area contributed by atoms with Crippen molar-refractivity contribution in [2.24, 2.45) is 0 Å². The van der Waals surface area contributed by atoms with E-state index in [0.29, 0.717) is 12.3 Å². The topological polar surface area (TPSA) is 20.9 Å². The van der Waals surface area contributed by atoms with E-state index in [9.17, 15) is 4.79 Å². The van der Waals surface area contributed by atoms with Gasteiger partial charge in [0.2, 0.25) is 6.54 Å². The number of hydrogen-bond donors (Lipinski definition) is 0. The van der Waals surface area contributed by atoms with Crippen molar-refractivity contribution in [3.63, 3.8) is 0 Å². The van der Waals surface area contributed by atoms with Crippen molar-refractivity contribution in [1.29, 1.82) is 0 Å². The van der Waals surface area contributed by atoms with Gasteiger partial charge in [-0.15, -0.1) is 0 Å². The number of nitrogens with zero attached hydrogens (tertiary/aromatic N) is 1. The predicted octanol–water partition coefficient (Wildman–Crippen LogP) is -0.174. The Labute approximate surface area is 115 Å². The molecule has 0 N–H and O–H groups in total. The number of Topliss-reactive ketones (excluding diaryl/α,β-unsaturated/α-hetero) is 1. The molecule has 96 valence electrons. The lowest BCUT2D eigenvalue weighted by Crippen LogP contribution is -3.00. The summed E-state index contributed by atoms with van der Waals surface area (Å²) in [7, 11) is 0. The summed E-state index contributed by atoms with van der Waals surface area (Å²) < 4.78 is 1.95. The normalized spacial score (nSPS) is 9.76. The number of aromatic nitrogens is 1. The van der Waals surface area contributed by atoms with Gasteiger partial charge in [-0.3, -0.25) is 4.79 Å². The third-order valence-electron chi connectivity index (χ3n) is 2.73. The summed E-state index contributed by atoms with van der Waals surface area (Å²) in [6.07, 6.45) is 9.35. The van der Waals surface area contributed by atoms with Crippen LogP contribution in [0.1, 0.15) is 44.6 Å². The molecule has 0 aliphatic heterocycles. The van der Waals surface area contributed by atoms with Crippen molar-refractivity contribution >= 4 is 5.78 Å². The molecule has 1 aromatic rings. The minimum absolute atomic E-state index is 0. The number of aryl methyl sites for hydroxylation is 1. The second kappa shape index (κ2) is 9.34. The Bertz CT molecular complexity index is 321. The molecule has 17 heavy (non-hydrogen) atoms. The van der Waals surface area contributed by atoms with Gasteiger partial charge >= 0.3 is 0 Å². The molecule has 0 amide bonds. The molecule has 0 aromatic carbocycles. The SMILES string of the molecule is CCCCCCC(=O)C[n+]1ccc(C)cc1.[Br-]. The first-order valence-electron chi connectivity index (χ1n) is 6.19. The van der Waals surface area contributed by atoms with Crippen LogP contribution in [0.4, 0.5) is 0 Å². The third kappa shape index (κ3) is 7.27. The Morgan fingerprint density at radius 3 is 2.41 bits per heavy atom. The van der Waals surface area contributed by atoms with Gasteiger partial charge in [-0.05, 0) is 18.9 Å². The zero-order valence-electron chi connectivity index (χ0n) is 10.8. The minimum atomic E-state index is 0. The van der Waals surface area contributed by atoms with Crippen LogP contribution in [-0.2, 0) is 11.3 Å². The van der Waals surface area contributed by atoms with Crippen LogP contribution in [0.5, 0.6) is 0 Å². The lowest BCUT2D eigenvalue weighted by atomic mass is 10.1. The van der Waals surface area contributed by atoms with E-state index in [0.717, 1.165) is 12.8 Å². The van der Waals surface area contributed by atoms with Crippen molar-refractivity contribution in [3.8, 4) is 0 Å². The van der Waals surface area contributed by atoms with Gasteiger partial charge < -0.3 is 17.0 Å². The maximum absolute atomic E-state index is 11.6. The zero-order chi connectivity index (χ0) is 11.8. The van der Waals surface area contributed by atoms with Crippen LogP contribution in [0.25, 0.3) is 0 Å². The maximum Gasteiger partial charge on any atom is 0.206 e. The van der Waals surface area contributed by atoms with Gasteiger partial charge in [0, 0.05) is 18.6 Å². The van der Waals surface area contributed by atoms with Crippen LogP contribution < -0.4 is 21.5 Å². The Kier molecular flexibility index (Phi) is 8.96. The largest absolute Gasteiger partial charge is 1.00 e. The fourth-order valence-corrected chi connectivity index (χ4v) is 1.67. The number of pyridine rings is 1. The number of carbonyl (C=O) groups excluding carboxylic acids is 1. The molecule has 0 saturated carbocycles. The highest BCUT2D eigenvalue weighted by Crippen LogP contribution is 2.02. The number of hydrogen-bond acceptors (Lipinski definition) is 1. The Balaban J connectivity index is 0.00000256. The predicted molar refractivity (Wildman–Crippen MR) is 65.1 cm³/mol.